The van der Waals surface area contributed by atoms with Gasteiger partial charge in [-0.3, -0.25) is 15.5 Å². The Kier molecular flexibility index (Phi) is 7.54. The molecule has 8 nitrogen and oxygen atoms in total. The van der Waals surface area contributed by atoms with Crippen molar-refractivity contribution in [1.29, 1.82) is 0 Å². The molecule has 0 saturated carbocycles. The summed E-state index contributed by atoms with van der Waals surface area (Å²) in [5.41, 5.74) is 6.75. The van der Waals surface area contributed by atoms with Crippen LogP contribution in [0.2, 0.25) is 0 Å². The molecule has 33 heavy (non-hydrogen) atoms. The van der Waals surface area contributed by atoms with Crippen molar-refractivity contribution in [3.8, 4) is 0 Å². The first-order valence-electron chi connectivity index (χ1n) is 10.7. The average Bonchev–Trinajstić information content (AvgIpc) is 3.19. The SMILES string of the molecule is CC(=N\N=C1\NC(=O)/C(=C/c2ccc(C)cc2)S1)/C(=N/Nc1ccccc1)N1CCOCC1. The monoisotopic (exact) mass is 462 g/mol. The molecule has 9 heteroatoms. The number of ether oxygens (including phenoxy) is 1. The second-order valence-electron chi connectivity index (χ2n) is 7.58. The number of hydrazone groups is 1. The normalized spacial score (nSPS) is 19.8. The maximum Gasteiger partial charge on any atom is 0.264 e. The molecule has 0 unspecified atom stereocenters. The van der Waals surface area contributed by atoms with Crippen molar-refractivity contribution in [2.75, 3.05) is 31.7 Å². The summed E-state index contributed by atoms with van der Waals surface area (Å²) in [6, 6.07) is 17.7. The van der Waals surface area contributed by atoms with E-state index in [2.05, 4.69) is 30.9 Å². The lowest BCUT2D eigenvalue weighted by atomic mass is 10.1. The zero-order valence-corrected chi connectivity index (χ0v) is 19.4. The summed E-state index contributed by atoms with van der Waals surface area (Å²) in [6.07, 6.45) is 1.85. The molecule has 2 aromatic rings. The summed E-state index contributed by atoms with van der Waals surface area (Å²) in [4.78, 5) is 15.1. The molecule has 0 radical (unpaired) electrons. The molecule has 2 aromatic carbocycles. The van der Waals surface area contributed by atoms with E-state index >= 15 is 0 Å². The first-order valence-corrected chi connectivity index (χ1v) is 11.5. The summed E-state index contributed by atoms with van der Waals surface area (Å²) in [7, 11) is 0. The predicted molar refractivity (Wildman–Crippen MR) is 135 cm³/mol. The van der Waals surface area contributed by atoms with E-state index < -0.39 is 0 Å². The molecule has 0 atom stereocenters. The van der Waals surface area contributed by atoms with Crippen molar-refractivity contribution in [3.05, 3.63) is 70.6 Å². The maximum atomic E-state index is 12.4. The van der Waals surface area contributed by atoms with Crippen molar-refractivity contribution in [2.45, 2.75) is 13.8 Å². The first-order chi connectivity index (χ1) is 16.1. The van der Waals surface area contributed by atoms with Gasteiger partial charge in [-0.2, -0.15) is 5.10 Å². The van der Waals surface area contributed by atoms with Crippen LogP contribution < -0.4 is 10.7 Å². The van der Waals surface area contributed by atoms with Crippen molar-refractivity contribution in [2.24, 2.45) is 15.3 Å². The summed E-state index contributed by atoms with van der Waals surface area (Å²) < 4.78 is 5.47. The molecular formula is C24H26N6O2S. The van der Waals surface area contributed by atoms with Crippen molar-refractivity contribution >= 4 is 46.1 Å². The fourth-order valence-electron chi connectivity index (χ4n) is 3.24. The Morgan fingerprint density at radius 3 is 2.58 bits per heavy atom. The third-order valence-electron chi connectivity index (χ3n) is 5.02. The van der Waals surface area contributed by atoms with E-state index in [4.69, 9.17) is 4.74 Å². The fourth-order valence-corrected chi connectivity index (χ4v) is 4.01. The highest BCUT2D eigenvalue weighted by atomic mass is 32.2. The number of amidine groups is 2. The Hall–Kier alpha value is -3.43. The van der Waals surface area contributed by atoms with Crippen LogP contribution in [0.3, 0.4) is 0 Å². The molecule has 2 N–H and O–H groups in total. The summed E-state index contributed by atoms with van der Waals surface area (Å²) in [5, 5.41) is 16.5. The van der Waals surface area contributed by atoms with Crippen molar-refractivity contribution < 1.29 is 9.53 Å². The Labute approximate surface area is 197 Å². The first kappa shape index (κ1) is 22.8. The predicted octanol–water partition coefficient (Wildman–Crippen LogP) is 3.69. The van der Waals surface area contributed by atoms with E-state index in [1.165, 1.54) is 17.3 Å². The molecule has 0 aliphatic carbocycles. The van der Waals surface area contributed by atoms with Crippen LogP contribution in [0.5, 0.6) is 0 Å². The Morgan fingerprint density at radius 2 is 1.85 bits per heavy atom. The van der Waals surface area contributed by atoms with Gasteiger partial charge in [0.25, 0.3) is 5.91 Å². The number of para-hydroxylation sites is 1. The van der Waals surface area contributed by atoms with Crippen LogP contribution in [0.15, 0.2) is 74.8 Å². The number of morpholine rings is 1. The van der Waals surface area contributed by atoms with Gasteiger partial charge < -0.3 is 9.64 Å². The quantitative estimate of drug-likeness (QED) is 0.306. The molecule has 0 aromatic heterocycles. The second-order valence-corrected chi connectivity index (χ2v) is 8.61. The van der Waals surface area contributed by atoms with Crippen LogP contribution in [-0.2, 0) is 9.53 Å². The number of carbonyl (C=O) groups is 1. The van der Waals surface area contributed by atoms with Gasteiger partial charge in [-0.25, -0.2) is 0 Å². The average molecular weight is 463 g/mol. The minimum Gasteiger partial charge on any atom is -0.378 e. The van der Waals surface area contributed by atoms with E-state index in [9.17, 15) is 4.79 Å². The number of carbonyl (C=O) groups excluding carboxylic acids is 1. The van der Waals surface area contributed by atoms with E-state index in [-0.39, 0.29) is 5.91 Å². The van der Waals surface area contributed by atoms with Gasteiger partial charge in [0.1, 0.15) is 5.71 Å². The highest BCUT2D eigenvalue weighted by Gasteiger charge is 2.24. The van der Waals surface area contributed by atoms with Gasteiger partial charge in [-0.05, 0) is 49.4 Å². The third-order valence-corrected chi connectivity index (χ3v) is 5.92. The standard InChI is InChI=1S/C24H26N6O2S/c1-17-8-10-19(11-9-17)16-21-23(31)25-24(33-21)29-26-18(2)22(30-12-14-32-15-13-30)28-27-20-6-4-3-5-7-20/h3-11,16,27H,12-15H2,1-2H3,(H,25,29,31)/b21-16-,26-18+,28-22-. The lowest BCUT2D eigenvalue weighted by Gasteiger charge is -2.29. The molecule has 0 bridgehead atoms. The zero-order chi connectivity index (χ0) is 23.0. The van der Waals surface area contributed by atoms with Crippen LogP contribution in [-0.4, -0.2) is 53.8 Å². The molecule has 170 valence electrons. The third kappa shape index (κ3) is 6.30. The van der Waals surface area contributed by atoms with Gasteiger partial charge in [0.05, 0.1) is 23.8 Å². The lowest BCUT2D eigenvalue weighted by Crippen LogP contribution is -2.44. The number of benzene rings is 2. The number of nitrogens with zero attached hydrogens (tertiary/aromatic N) is 4. The molecule has 2 aliphatic heterocycles. The van der Waals surface area contributed by atoms with Crippen molar-refractivity contribution in [1.82, 2.24) is 10.2 Å². The molecule has 0 spiro atoms. The molecule has 2 heterocycles. The number of hydrogen-bond donors (Lipinski definition) is 2. The summed E-state index contributed by atoms with van der Waals surface area (Å²) >= 11 is 1.27. The highest BCUT2D eigenvalue weighted by molar-refractivity contribution is 8.18. The molecule has 1 amide bonds. The van der Waals surface area contributed by atoms with Gasteiger partial charge in [-0.1, -0.05) is 48.0 Å². The van der Waals surface area contributed by atoms with E-state index in [1.54, 1.807) is 0 Å². The lowest BCUT2D eigenvalue weighted by molar-refractivity contribution is -0.115. The van der Waals surface area contributed by atoms with Gasteiger partial charge in [0.2, 0.25) is 0 Å². The summed E-state index contributed by atoms with van der Waals surface area (Å²) in [6.45, 7) is 6.58. The van der Waals surface area contributed by atoms with Crippen LogP contribution in [0.1, 0.15) is 18.1 Å². The number of anilines is 1. The number of thioether (sulfide) groups is 1. The molecule has 2 aliphatic rings. The van der Waals surface area contributed by atoms with Crippen LogP contribution in [0.25, 0.3) is 6.08 Å². The number of nitrogens with one attached hydrogen (secondary N) is 2. The van der Waals surface area contributed by atoms with E-state index in [1.807, 2.05) is 74.5 Å². The van der Waals surface area contributed by atoms with Gasteiger partial charge >= 0.3 is 0 Å². The smallest absolute Gasteiger partial charge is 0.264 e. The van der Waals surface area contributed by atoms with Gasteiger partial charge in [0, 0.05) is 13.1 Å². The Balaban J connectivity index is 1.51. The van der Waals surface area contributed by atoms with Crippen LogP contribution >= 0.6 is 11.8 Å². The maximum absolute atomic E-state index is 12.4. The fraction of sp³-hybridized carbons (Fsp3) is 0.250. The zero-order valence-electron chi connectivity index (χ0n) is 18.6. The molecule has 2 saturated heterocycles. The Bertz CT molecular complexity index is 1100. The topological polar surface area (TPSA) is 90.7 Å². The van der Waals surface area contributed by atoms with E-state index in [0.29, 0.717) is 47.9 Å². The van der Waals surface area contributed by atoms with Gasteiger partial charge in [0.15, 0.2) is 11.0 Å². The summed E-state index contributed by atoms with van der Waals surface area (Å²) in [5.74, 6) is 0.510. The van der Waals surface area contributed by atoms with E-state index in [0.717, 1.165) is 11.3 Å². The highest BCUT2D eigenvalue weighted by Crippen LogP contribution is 2.26. The number of aryl methyl sites for hydroxylation is 1. The van der Waals surface area contributed by atoms with Crippen LogP contribution in [0, 0.1) is 6.92 Å². The van der Waals surface area contributed by atoms with Gasteiger partial charge in [-0.15, -0.1) is 10.2 Å². The molecule has 4 rings (SSSR count). The number of hydrogen-bond acceptors (Lipinski definition) is 7. The largest absolute Gasteiger partial charge is 0.378 e. The van der Waals surface area contributed by atoms with Crippen molar-refractivity contribution in [3.63, 3.8) is 0 Å². The molecule has 2 fully saturated rings. The number of rotatable bonds is 5. The number of amides is 1. The van der Waals surface area contributed by atoms with Crippen LogP contribution in [0.4, 0.5) is 5.69 Å². The molecular weight excluding hydrogens is 436 g/mol. The minimum atomic E-state index is -0.181. The second kappa shape index (κ2) is 10.9. The Morgan fingerprint density at radius 1 is 1.12 bits per heavy atom. The minimum absolute atomic E-state index is 0.181.